The summed E-state index contributed by atoms with van der Waals surface area (Å²) >= 11 is 11.9. The second-order valence-corrected chi connectivity index (χ2v) is 5.62. The van der Waals surface area contributed by atoms with Gasteiger partial charge in [0.2, 0.25) is 0 Å². The molecule has 0 unspecified atom stereocenters. The number of hydrogen-bond acceptors (Lipinski definition) is 2. The summed E-state index contributed by atoms with van der Waals surface area (Å²) in [4.78, 5) is 11.4. The normalized spacial score (nSPS) is 12.0. The van der Waals surface area contributed by atoms with Crippen molar-refractivity contribution in [1.82, 2.24) is 0 Å². The van der Waals surface area contributed by atoms with Gasteiger partial charge < -0.3 is 9.84 Å². The lowest BCUT2D eigenvalue weighted by Gasteiger charge is -2.16. The minimum absolute atomic E-state index is 0.224. The lowest BCUT2D eigenvalue weighted by molar-refractivity contribution is -0.145. The minimum Gasteiger partial charge on any atom is -0.478 e. The Morgan fingerprint density at radius 3 is 2.57 bits per heavy atom. The van der Waals surface area contributed by atoms with Gasteiger partial charge >= 0.3 is 5.97 Å². The largest absolute Gasteiger partial charge is 0.478 e. The highest BCUT2D eigenvalue weighted by Gasteiger charge is 2.20. The number of halogens is 2. The van der Waals surface area contributed by atoms with E-state index >= 15 is 0 Å². The first-order valence-corrected chi connectivity index (χ1v) is 7.11. The van der Waals surface area contributed by atoms with Crippen LogP contribution in [0.25, 0.3) is 0 Å². The lowest BCUT2D eigenvalue weighted by Crippen LogP contribution is -2.29. The second-order valence-electron chi connectivity index (χ2n) is 4.74. The molecule has 1 N–H and O–H groups in total. The zero-order valence-corrected chi connectivity index (χ0v) is 12.9. The molecule has 0 aromatic heterocycles. The van der Waals surface area contributed by atoms with Gasteiger partial charge in [0.1, 0.15) is 5.75 Å². The summed E-state index contributed by atoms with van der Waals surface area (Å²) in [5.74, 6) is -0.595. The van der Waals surface area contributed by atoms with Crippen molar-refractivity contribution in [1.29, 1.82) is 0 Å². The molecular formula is C16H14Cl2O3. The molecule has 110 valence electrons. The maximum absolute atomic E-state index is 11.4. The third-order valence-electron chi connectivity index (χ3n) is 2.88. The maximum Gasteiger partial charge on any atom is 0.345 e. The molecule has 0 aliphatic carbocycles. The molecular weight excluding hydrogens is 311 g/mol. The number of hydrogen-bond donors (Lipinski definition) is 1. The molecule has 2 rings (SSSR count). The van der Waals surface area contributed by atoms with E-state index in [0.29, 0.717) is 15.8 Å². The highest BCUT2D eigenvalue weighted by Crippen LogP contribution is 2.23. The van der Waals surface area contributed by atoms with Crippen LogP contribution in [-0.2, 0) is 11.2 Å². The van der Waals surface area contributed by atoms with Crippen LogP contribution in [0.1, 0.15) is 11.1 Å². The fourth-order valence-electron chi connectivity index (χ4n) is 1.99. The van der Waals surface area contributed by atoms with Crippen molar-refractivity contribution in [3.8, 4) is 5.75 Å². The van der Waals surface area contributed by atoms with Gasteiger partial charge in [-0.3, -0.25) is 0 Å². The monoisotopic (exact) mass is 324 g/mol. The molecule has 0 fully saturated rings. The van der Waals surface area contributed by atoms with Crippen molar-refractivity contribution in [2.45, 2.75) is 19.4 Å². The highest BCUT2D eigenvalue weighted by atomic mass is 35.5. The van der Waals surface area contributed by atoms with Crippen LogP contribution >= 0.6 is 23.2 Å². The molecule has 0 aliphatic heterocycles. The van der Waals surface area contributed by atoms with Crippen LogP contribution in [0.15, 0.2) is 42.5 Å². The van der Waals surface area contributed by atoms with E-state index in [-0.39, 0.29) is 6.42 Å². The minimum atomic E-state index is -1.03. The van der Waals surface area contributed by atoms with Gasteiger partial charge in [-0.15, -0.1) is 0 Å². The molecule has 0 bridgehead atoms. The van der Waals surface area contributed by atoms with E-state index in [2.05, 4.69) is 0 Å². The van der Waals surface area contributed by atoms with Crippen LogP contribution in [0, 0.1) is 6.92 Å². The molecule has 2 aromatic rings. The molecule has 0 aliphatic rings. The predicted octanol–water partition coefficient (Wildman–Crippen LogP) is 4.38. The van der Waals surface area contributed by atoms with Crippen molar-refractivity contribution in [2.24, 2.45) is 0 Å². The van der Waals surface area contributed by atoms with Gasteiger partial charge in [0.05, 0.1) is 0 Å². The fourth-order valence-corrected chi connectivity index (χ4v) is 2.49. The molecule has 0 saturated carbocycles. The van der Waals surface area contributed by atoms with Crippen LogP contribution < -0.4 is 4.74 Å². The smallest absolute Gasteiger partial charge is 0.345 e. The Bertz CT molecular complexity index is 635. The van der Waals surface area contributed by atoms with Crippen molar-refractivity contribution in [3.05, 3.63) is 63.6 Å². The SMILES string of the molecule is Cc1cc(Cl)cc(O[C@H](Cc2cccc(Cl)c2)C(=O)O)c1. The standard InChI is InChI=1S/C16H14Cl2O3/c1-10-5-13(18)9-14(6-10)21-15(16(19)20)8-11-3-2-4-12(17)7-11/h2-7,9,15H,8H2,1H3,(H,19,20)/t15-/m1/s1. The summed E-state index contributed by atoms with van der Waals surface area (Å²) in [7, 11) is 0. The Morgan fingerprint density at radius 1 is 1.19 bits per heavy atom. The van der Waals surface area contributed by atoms with Crippen molar-refractivity contribution >= 4 is 29.2 Å². The van der Waals surface area contributed by atoms with Crippen LogP contribution in [0.5, 0.6) is 5.75 Å². The number of carboxylic acid groups (broad SMARTS) is 1. The highest BCUT2D eigenvalue weighted by molar-refractivity contribution is 6.31. The molecule has 5 heteroatoms. The quantitative estimate of drug-likeness (QED) is 0.887. The molecule has 0 spiro atoms. The van der Waals surface area contributed by atoms with Gasteiger partial charge in [-0.05, 0) is 48.4 Å². The molecule has 0 radical (unpaired) electrons. The third-order valence-corrected chi connectivity index (χ3v) is 3.33. The van der Waals surface area contributed by atoms with Crippen molar-refractivity contribution in [3.63, 3.8) is 0 Å². The summed E-state index contributed by atoms with van der Waals surface area (Å²) in [6.07, 6.45) is -0.775. The lowest BCUT2D eigenvalue weighted by atomic mass is 10.1. The molecule has 0 amide bonds. The summed E-state index contributed by atoms with van der Waals surface area (Å²) in [5.41, 5.74) is 1.71. The summed E-state index contributed by atoms with van der Waals surface area (Å²) in [6.45, 7) is 1.87. The Morgan fingerprint density at radius 2 is 1.95 bits per heavy atom. The Balaban J connectivity index is 2.17. The van der Waals surface area contributed by atoms with Gasteiger partial charge in [0, 0.05) is 16.5 Å². The number of aliphatic carboxylic acids is 1. The van der Waals surface area contributed by atoms with Crippen molar-refractivity contribution < 1.29 is 14.6 Å². The number of aryl methyl sites for hydroxylation is 1. The van der Waals surface area contributed by atoms with E-state index < -0.39 is 12.1 Å². The number of carboxylic acids is 1. The zero-order valence-electron chi connectivity index (χ0n) is 11.3. The van der Waals surface area contributed by atoms with E-state index in [1.807, 2.05) is 13.0 Å². The average Bonchev–Trinajstić information content (AvgIpc) is 2.36. The summed E-state index contributed by atoms with van der Waals surface area (Å²) in [5, 5.41) is 10.4. The summed E-state index contributed by atoms with van der Waals surface area (Å²) < 4.78 is 5.55. The van der Waals surface area contributed by atoms with Crippen LogP contribution in [0.4, 0.5) is 0 Å². The van der Waals surface area contributed by atoms with E-state index in [9.17, 15) is 9.90 Å². The third kappa shape index (κ3) is 4.66. The number of ether oxygens (including phenoxy) is 1. The van der Waals surface area contributed by atoms with E-state index in [0.717, 1.165) is 11.1 Å². The predicted molar refractivity (Wildman–Crippen MR) is 83.4 cm³/mol. The average molecular weight is 325 g/mol. The summed E-state index contributed by atoms with van der Waals surface area (Å²) in [6, 6.07) is 12.2. The van der Waals surface area contributed by atoms with E-state index in [1.165, 1.54) is 0 Å². The maximum atomic E-state index is 11.4. The van der Waals surface area contributed by atoms with Crippen LogP contribution in [0.3, 0.4) is 0 Å². The molecule has 21 heavy (non-hydrogen) atoms. The second kappa shape index (κ2) is 6.83. The first-order valence-electron chi connectivity index (χ1n) is 6.35. The number of benzene rings is 2. The molecule has 2 aromatic carbocycles. The first kappa shape index (κ1) is 15.7. The van der Waals surface area contributed by atoms with Crippen LogP contribution in [-0.4, -0.2) is 17.2 Å². The molecule has 3 nitrogen and oxygen atoms in total. The number of carbonyl (C=O) groups is 1. The van der Waals surface area contributed by atoms with Crippen molar-refractivity contribution in [2.75, 3.05) is 0 Å². The molecule has 1 atom stereocenters. The zero-order chi connectivity index (χ0) is 15.4. The van der Waals surface area contributed by atoms with E-state index in [1.54, 1.807) is 36.4 Å². The van der Waals surface area contributed by atoms with E-state index in [4.69, 9.17) is 27.9 Å². The molecule has 0 saturated heterocycles. The number of rotatable bonds is 5. The van der Waals surface area contributed by atoms with Crippen LogP contribution in [0.2, 0.25) is 10.0 Å². The first-order chi connectivity index (χ1) is 9.94. The topological polar surface area (TPSA) is 46.5 Å². The van der Waals surface area contributed by atoms with Gasteiger partial charge in [-0.2, -0.15) is 0 Å². The van der Waals surface area contributed by atoms with Gasteiger partial charge in [-0.1, -0.05) is 35.3 Å². The van der Waals surface area contributed by atoms with Gasteiger partial charge in [-0.25, -0.2) is 4.79 Å². The Labute approximate surface area is 133 Å². The van der Waals surface area contributed by atoms with Gasteiger partial charge in [0.25, 0.3) is 0 Å². The fraction of sp³-hybridized carbons (Fsp3) is 0.188. The Kier molecular flexibility index (Phi) is 5.10. The van der Waals surface area contributed by atoms with Gasteiger partial charge in [0.15, 0.2) is 6.10 Å². The Hall–Kier alpha value is -1.71. The molecule has 0 heterocycles.